The largest absolute Gasteiger partial charge is 0.496 e. The van der Waals surface area contributed by atoms with Gasteiger partial charge in [0.1, 0.15) is 11.4 Å². The molecule has 1 saturated heterocycles. The van der Waals surface area contributed by atoms with Crippen LogP contribution in [-0.2, 0) is 0 Å². The number of ether oxygens (including phenoxy) is 1. The summed E-state index contributed by atoms with van der Waals surface area (Å²) < 4.78 is 5.43. The molecule has 2 heterocycles. The van der Waals surface area contributed by atoms with Crippen LogP contribution in [-0.4, -0.2) is 52.8 Å². The fourth-order valence-corrected chi connectivity index (χ4v) is 4.91. The Kier molecular flexibility index (Phi) is 5.40. The molecule has 0 radical (unpaired) electrons. The van der Waals surface area contributed by atoms with Gasteiger partial charge in [0, 0.05) is 30.2 Å². The van der Waals surface area contributed by atoms with Crippen LogP contribution in [0.1, 0.15) is 55.9 Å². The number of nitrogens with one attached hydrogen (secondary N) is 2. The number of carbonyl (C=O) groups excluding carboxylic acids is 1. The molecule has 2 N–H and O–H groups in total. The van der Waals surface area contributed by atoms with Gasteiger partial charge in [0.2, 0.25) is 0 Å². The molecule has 0 bridgehead atoms. The van der Waals surface area contributed by atoms with Crippen LogP contribution in [0.5, 0.6) is 5.75 Å². The maximum absolute atomic E-state index is 13.2. The Balaban J connectivity index is 1.51. The normalized spacial score (nSPS) is 21.0. The van der Waals surface area contributed by atoms with E-state index >= 15 is 0 Å². The van der Waals surface area contributed by atoms with E-state index in [-0.39, 0.29) is 17.5 Å². The van der Waals surface area contributed by atoms with Crippen LogP contribution in [0.25, 0.3) is 11.3 Å². The summed E-state index contributed by atoms with van der Waals surface area (Å²) >= 11 is 0. The van der Waals surface area contributed by atoms with E-state index in [2.05, 4.69) is 22.4 Å². The van der Waals surface area contributed by atoms with E-state index in [4.69, 9.17) is 4.74 Å². The maximum atomic E-state index is 13.2. The van der Waals surface area contributed by atoms with Gasteiger partial charge in [0.05, 0.1) is 12.8 Å². The highest BCUT2D eigenvalue weighted by Gasteiger charge is 2.42. The number of methoxy groups -OCH3 is 1. The van der Waals surface area contributed by atoms with E-state index in [9.17, 15) is 4.79 Å². The monoisotopic (exact) mass is 382 g/mol. The van der Waals surface area contributed by atoms with Crippen molar-refractivity contribution in [3.8, 4) is 17.0 Å². The van der Waals surface area contributed by atoms with Crippen LogP contribution >= 0.6 is 0 Å². The zero-order valence-electron chi connectivity index (χ0n) is 16.8. The van der Waals surface area contributed by atoms with Crippen molar-refractivity contribution in [1.29, 1.82) is 0 Å². The van der Waals surface area contributed by atoms with Gasteiger partial charge in [-0.25, -0.2) is 0 Å². The second kappa shape index (κ2) is 7.95. The first-order valence-electron chi connectivity index (χ1n) is 10.4. The molecule has 1 spiro atoms. The first-order chi connectivity index (χ1) is 13.7. The second-order valence-electron chi connectivity index (χ2n) is 8.04. The molecule has 6 nitrogen and oxygen atoms in total. The molecule has 28 heavy (non-hydrogen) atoms. The molecule has 1 atom stereocenters. The average Bonchev–Trinajstić information content (AvgIpc) is 3.37. The van der Waals surface area contributed by atoms with Crippen LogP contribution in [0.3, 0.4) is 0 Å². The number of hydrogen-bond acceptors (Lipinski definition) is 4. The van der Waals surface area contributed by atoms with Crippen molar-refractivity contribution in [2.75, 3.05) is 20.2 Å². The van der Waals surface area contributed by atoms with Crippen LogP contribution in [0.2, 0.25) is 0 Å². The SMILES string of the molecule is CCN(C(=O)c1cc(-c2ccccc2OC)n[nH]1)[C@H]1CNC2(CCCCC2)C1. The first kappa shape index (κ1) is 19.0. The summed E-state index contributed by atoms with van der Waals surface area (Å²) in [5, 5.41) is 11.1. The number of amides is 1. The summed E-state index contributed by atoms with van der Waals surface area (Å²) in [7, 11) is 1.64. The van der Waals surface area contributed by atoms with Crippen molar-refractivity contribution >= 4 is 5.91 Å². The molecule has 1 aliphatic carbocycles. The number of aromatic amines is 1. The van der Waals surface area contributed by atoms with Gasteiger partial charge < -0.3 is 15.0 Å². The van der Waals surface area contributed by atoms with Crippen molar-refractivity contribution in [2.45, 2.75) is 57.0 Å². The minimum atomic E-state index is 0.0239. The smallest absolute Gasteiger partial charge is 0.272 e. The van der Waals surface area contributed by atoms with Gasteiger partial charge in [0.15, 0.2) is 0 Å². The molecule has 1 amide bonds. The summed E-state index contributed by atoms with van der Waals surface area (Å²) in [6.07, 6.45) is 7.45. The number of nitrogens with zero attached hydrogens (tertiary/aromatic N) is 2. The quantitative estimate of drug-likeness (QED) is 0.829. The lowest BCUT2D eigenvalue weighted by Crippen LogP contribution is -2.42. The maximum Gasteiger partial charge on any atom is 0.272 e. The molecule has 2 aliphatic rings. The molecule has 1 aromatic carbocycles. The molecule has 1 aliphatic heterocycles. The standard InChI is InChI=1S/C22H30N4O2/c1-3-26(16-14-22(23-15-16)11-7-4-8-12-22)21(27)19-13-18(24-25-19)17-9-5-6-10-20(17)28-2/h5-6,9-10,13,16,23H,3-4,7-8,11-12,14-15H2,1-2H3,(H,24,25)/t16-/m1/s1. The number of para-hydroxylation sites is 1. The molecule has 150 valence electrons. The molecular weight excluding hydrogens is 352 g/mol. The Morgan fingerprint density at radius 2 is 2.07 bits per heavy atom. The van der Waals surface area contributed by atoms with Gasteiger partial charge in [-0.3, -0.25) is 9.89 Å². The van der Waals surface area contributed by atoms with Gasteiger partial charge in [-0.05, 0) is 44.4 Å². The number of hydrogen-bond donors (Lipinski definition) is 2. The van der Waals surface area contributed by atoms with Crippen LogP contribution < -0.4 is 10.1 Å². The van der Waals surface area contributed by atoms with E-state index in [1.165, 1.54) is 32.1 Å². The Morgan fingerprint density at radius 3 is 2.82 bits per heavy atom. The number of likely N-dealkylation sites (N-methyl/N-ethyl adjacent to an activating group) is 1. The van der Waals surface area contributed by atoms with Gasteiger partial charge in [-0.15, -0.1) is 0 Å². The lowest BCUT2D eigenvalue weighted by Gasteiger charge is -2.34. The molecule has 1 aromatic heterocycles. The van der Waals surface area contributed by atoms with Gasteiger partial charge >= 0.3 is 0 Å². The lowest BCUT2D eigenvalue weighted by atomic mass is 9.80. The molecule has 6 heteroatoms. The predicted molar refractivity (Wildman–Crippen MR) is 110 cm³/mol. The van der Waals surface area contributed by atoms with Gasteiger partial charge in [-0.1, -0.05) is 31.4 Å². The highest BCUT2D eigenvalue weighted by Crippen LogP contribution is 2.37. The van der Waals surface area contributed by atoms with E-state index in [1.807, 2.05) is 35.2 Å². The summed E-state index contributed by atoms with van der Waals surface area (Å²) in [4.78, 5) is 15.2. The van der Waals surface area contributed by atoms with Gasteiger partial charge in [-0.2, -0.15) is 5.10 Å². The molecule has 0 unspecified atom stereocenters. The number of H-pyrrole nitrogens is 1. The molecule has 1 saturated carbocycles. The lowest BCUT2D eigenvalue weighted by molar-refractivity contribution is 0.0688. The Morgan fingerprint density at radius 1 is 1.29 bits per heavy atom. The number of aromatic nitrogens is 2. The highest BCUT2D eigenvalue weighted by atomic mass is 16.5. The summed E-state index contributed by atoms with van der Waals surface area (Å²) in [5.41, 5.74) is 2.39. The third kappa shape index (κ3) is 3.53. The van der Waals surface area contributed by atoms with Crippen molar-refractivity contribution < 1.29 is 9.53 Å². The van der Waals surface area contributed by atoms with E-state index < -0.39 is 0 Å². The Labute approximate surface area is 166 Å². The van der Waals surface area contributed by atoms with E-state index in [1.54, 1.807) is 7.11 Å². The number of rotatable bonds is 5. The van der Waals surface area contributed by atoms with Crippen molar-refractivity contribution in [2.24, 2.45) is 0 Å². The number of carbonyl (C=O) groups is 1. The van der Waals surface area contributed by atoms with Crippen LogP contribution in [0.15, 0.2) is 30.3 Å². The van der Waals surface area contributed by atoms with Crippen molar-refractivity contribution in [3.63, 3.8) is 0 Å². The molecular formula is C22H30N4O2. The highest BCUT2D eigenvalue weighted by molar-refractivity contribution is 5.93. The predicted octanol–water partition coefficient (Wildman–Crippen LogP) is 3.61. The minimum absolute atomic E-state index is 0.0239. The van der Waals surface area contributed by atoms with E-state index in [0.29, 0.717) is 12.2 Å². The van der Waals surface area contributed by atoms with Gasteiger partial charge in [0.25, 0.3) is 5.91 Å². The third-order valence-electron chi connectivity index (χ3n) is 6.38. The summed E-state index contributed by atoms with van der Waals surface area (Å²) in [6.45, 7) is 3.64. The molecule has 2 fully saturated rings. The fraction of sp³-hybridized carbons (Fsp3) is 0.545. The zero-order valence-corrected chi connectivity index (χ0v) is 16.8. The summed E-state index contributed by atoms with van der Waals surface area (Å²) in [6, 6.07) is 9.80. The van der Waals surface area contributed by atoms with Crippen molar-refractivity contribution in [3.05, 3.63) is 36.0 Å². The molecule has 2 aromatic rings. The minimum Gasteiger partial charge on any atom is -0.496 e. The Bertz CT molecular complexity index is 825. The second-order valence-corrected chi connectivity index (χ2v) is 8.04. The van der Waals surface area contributed by atoms with Crippen LogP contribution in [0, 0.1) is 0 Å². The van der Waals surface area contributed by atoms with Crippen LogP contribution in [0.4, 0.5) is 0 Å². The number of benzene rings is 1. The Hall–Kier alpha value is -2.34. The summed E-state index contributed by atoms with van der Waals surface area (Å²) in [5.74, 6) is 0.774. The average molecular weight is 383 g/mol. The molecule has 4 rings (SSSR count). The topological polar surface area (TPSA) is 70.2 Å². The van der Waals surface area contributed by atoms with E-state index in [0.717, 1.165) is 30.0 Å². The fourth-order valence-electron chi connectivity index (χ4n) is 4.91. The zero-order chi connectivity index (χ0) is 19.6. The van der Waals surface area contributed by atoms with Crippen molar-refractivity contribution in [1.82, 2.24) is 20.4 Å². The first-order valence-corrected chi connectivity index (χ1v) is 10.4. The third-order valence-corrected chi connectivity index (χ3v) is 6.38.